The number of nitrogens with zero attached hydrogens (tertiary/aromatic N) is 1. The van der Waals surface area contributed by atoms with Crippen LogP contribution in [0.1, 0.15) is 67.7 Å². The number of hydrogen-bond acceptors (Lipinski definition) is 4. The third-order valence-corrected chi connectivity index (χ3v) is 4.75. The molecule has 0 saturated carbocycles. The van der Waals surface area contributed by atoms with E-state index in [1.54, 1.807) is 0 Å². The maximum Gasteiger partial charge on any atom is 0.410 e. The lowest BCUT2D eigenvalue weighted by molar-refractivity contribution is -0.000685. The van der Waals surface area contributed by atoms with Gasteiger partial charge in [0.1, 0.15) is 5.60 Å². The van der Waals surface area contributed by atoms with E-state index in [0.717, 1.165) is 23.1 Å². The van der Waals surface area contributed by atoms with Crippen LogP contribution in [0.2, 0.25) is 0 Å². The highest BCUT2D eigenvalue weighted by Crippen LogP contribution is 2.45. The molecule has 1 aliphatic heterocycles. The standard InChI is InChI=1S/C17H25NO3S/c1-16(2,3)14-12-9-11(10-19)22-13(12)7-8-18(14)15(20)21-17(4,5)6/h9-10,14H,7-8H2,1-6H3. The van der Waals surface area contributed by atoms with E-state index in [-0.39, 0.29) is 17.6 Å². The Morgan fingerprint density at radius 2 is 1.95 bits per heavy atom. The van der Waals surface area contributed by atoms with Gasteiger partial charge in [-0.1, -0.05) is 20.8 Å². The van der Waals surface area contributed by atoms with Crippen LogP contribution in [-0.2, 0) is 11.2 Å². The molecular weight excluding hydrogens is 298 g/mol. The van der Waals surface area contributed by atoms with E-state index in [2.05, 4.69) is 20.8 Å². The highest BCUT2D eigenvalue weighted by atomic mass is 32.1. The van der Waals surface area contributed by atoms with Crippen molar-refractivity contribution in [1.82, 2.24) is 4.90 Å². The molecule has 1 atom stereocenters. The van der Waals surface area contributed by atoms with Gasteiger partial charge in [-0.15, -0.1) is 11.3 Å². The molecule has 1 aromatic heterocycles. The summed E-state index contributed by atoms with van der Waals surface area (Å²) in [7, 11) is 0. The molecular formula is C17H25NO3S. The van der Waals surface area contributed by atoms with Crippen molar-refractivity contribution in [2.75, 3.05) is 6.54 Å². The third kappa shape index (κ3) is 3.51. The van der Waals surface area contributed by atoms with Crippen LogP contribution in [0.15, 0.2) is 6.07 Å². The molecule has 0 radical (unpaired) electrons. The zero-order chi connectivity index (χ0) is 16.7. The molecule has 1 amide bonds. The van der Waals surface area contributed by atoms with E-state index < -0.39 is 5.60 Å². The molecule has 0 aromatic carbocycles. The molecule has 1 aromatic rings. The van der Waals surface area contributed by atoms with E-state index in [9.17, 15) is 9.59 Å². The molecule has 22 heavy (non-hydrogen) atoms. The maximum absolute atomic E-state index is 12.6. The topological polar surface area (TPSA) is 46.6 Å². The Morgan fingerprint density at radius 3 is 2.45 bits per heavy atom. The van der Waals surface area contributed by atoms with Crippen molar-refractivity contribution in [3.05, 3.63) is 21.4 Å². The lowest BCUT2D eigenvalue weighted by Crippen LogP contribution is -2.46. The summed E-state index contributed by atoms with van der Waals surface area (Å²) in [6.07, 6.45) is 1.39. The number of carbonyl (C=O) groups excluding carboxylic acids is 2. The molecule has 122 valence electrons. The molecule has 4 nitrogen and oxygen atoms in total. The second-order valence-electron chi connectivity index (χ2n) is 7.84. The zero-order valence-corrected chi connectivity index (χ0v) is 15.0. The minimum Gasteiger partial charge on any atom is -0.444 e. The van der Waals surface area contributed by atoms with Crippen molar-refractivity contribution < 1.29 is 14.3 Å². The molecule has 2 rings (SSSR count). The monoisotopic (exact) mass is 323 g/mol. The van der Waals surface area contributed by atoms with Crippen molar-refractivity contribution in [1.29, 1.82) is 0 Å². The fourth-order valence-electron chi connectivity index (χ4n) is 2.92. The number of thiophene rings is 1. The summed E-state index contributed by atoms with van der Waals surface area (Å²) < 4.78 is 5.57. The zero-order valence-electron chi connectivity index (χ0n) is 14.2. The van der Waals surface area contributed by atoms with E-state index in [0.29, 0.717) is 6.54 Å². The second-order valence-corrected chi connectivity index (χ2v) is 9.01. The van der Waals surface area contributed by atoms with Crippen LogP contribution in [0.3, 0.4) is 0 Å². The summed E-state index contributed by atoms with van der Waals surface area (Å²) in [5.74, 6) is 0. The van der Waals surface area contributed by atoms with Crippen molar-refractivity contribution >= 4 is 23.7 Å². The third-order valence-electron chi connectivity index (χ3n) is 3.61. The molecule has 0 fully saturated rings. The Kier molecular flexibility index (Phi) is 4.39. The summed E-state index contributed by atoms with van der Waals surface area (Å²) in [5.41, 5.74) is 0.451. The average molecular weight is 323 g/mol. The van der Waals surface area contributed by atoms with Crippen LogP contribution in [-0.4, -0.2) is 29.4 Å². The molecule has 0 aliphatic carbocycles. The summed E-state index contributed by atoms with van der Waals surface area (Å²) in [6, 6.07) is 1.86. The lowest BCUT2D eigenvalue weighted by atomic mass is 9.79. The number of fused-ring (bicyclic) bond motifs is 1. The molecule has 5 heteroatoms. The smallest absolute Gasteiger partial charge is 0.410 e. The van der Waals surface area contributed by atoms with Crippen molar-refractivity contribution in [2.24, 2.45) is 5.41 Å². The van der Waals surface area contributed by atoms with E-state index in [1.807, 2.05) is 31.7 Å². The summed E-state index contributed by atoms with van der Waals surface area (Å²) >= 11 is 1.54. The summed E-state index contributed by atoms with van der Waals surface area (Å²) in [6.45, 7) is 12.6. The van der Waals surface area contributed by atoms with Crippen LogP contribution in [0.5, 0.6) is 0 Å². The fraction of sp³-hybridized carbons (Fsp3) is 0.647. The normalized spacial score (nSPS) is 18.8. The van der Waals surface area contributed by atoms with Crippen LogP contribution in [0, 0.1) is 5.41 Å². The first kappa shape index (κ1) is 17.0. The molecule has 1 unspecified atom stereocenters. The average Bonchev–Trinajstić information content (AvgIpc) is 2.76. The highest BCUT2D eigenvalue weighted by molar-refractivity contribution is 7.13. The Bertz CT molecular complexity index is 578. The predicted molar refractivity (Wildman–Crippen MR) is 88.5 cm³/mol. The Balaban J connectivity index is 2.39. The number of carbonyl (C=O) groups is 2. The molecule has 0 saturated heterocycles. The number of hydrogen-bond donors (Lipinski definition) is 0. The molecule has 2 heterocycles. The number of ether oxygens (including phenoxy) is 1. The minimum atomic E-state index is -0.512. The predicted octanol–water partition coefficient (Wildman–Crippen LogP) is 4.44. The summed E-state index contributed by atoms with van der Waals surface area (Å²) in [5, 5.41) is 0. The van der Waals surface area contributed by atoms with E-state index >= 15 is 0 Å². The van der Waals surface area contributed by atoms with Gasteiger partial charge in [-0.25, -0.2) is 4.79 Å². The lowest BCUT2D eigenvalue weighted by Gasteiger charge is -2.43. The van der Waals surface area contributed by atoms with Gasteiger partial charge in [-0.3, -0.25) is 4.79 Å². The second kappa shape index (κ2) is 5.69. The van der Waals surface area contributed by atoms with Gasteiger partial charge >= 0.3 is 6.09 Å². The molecule has 1 aliphatic rings. The van der Waals surface area contributed by atoms with Gasteiger partial charge in [0.05, 0.1) is 10.9 Å². The quantitative estimate of drug-likeness (QED) is 0.718. The first-order valence-electron chi connectivity index (χ1n) is 7.60. The molecule has 0 spiro atoms. The van der Waals surface area contributed by atoms with Crippen LogP contribution in [0.25, 0.3) is 0 Å². The number of rotatable bonds is 1. The van der Waals surface area contributed by atoms with Crippen molar-refractivity contribution in [3.63, 3.8) is 0 Å². The highest BCUT2D eigenvalue weighted by Gasteiger charge is 2.41. The van der Waals surface area contributed by atoms with Gasteiger partial charge < -0.3 is 9.64 Å². The van der Waals surface area contributed by atoms with Gasteiger partial charge in [0.2, 0.25) is 0 Å². The SMILES string of the molecule is CC(C)(C)OC(=O)N1CCc2sc(C=O)cc2C1C(C)(C)C. The van der Waals surface area contributed by atoms with Gasteiger partial charge in [0.25, 0.3) is 0 Å². The molecule has 0 N–H and O–H groups in total. The van der Waals surface area contributed by atoms with Gasteiger partial charge in [0, 0.05) is 11.4 Å². The Morgan fingerprint density at radius 1 is 1.32 bits per heavy atom. The Labute approximate surface area is 136 Å². The first-order valence-corrected chi connectivity index (χ1v) is 8.42. The van der Waals surface area contributed by atoms with Gasteiger partial charge in [0.15, 0.2) is 6.29 Å². The summed E-state index contributed by atoms with van der Waals surface area (Å²) in [4.78, 5) is 27.4. The van der Waals surface area contributed by atoms with Crippen LogP contribution >= 0.6 is 11.3 Å². The van der Waals surface area contributed by atoms with Crippen molar-refractivity contribution in [2.45, 2.75) is 59.6 Å². The van der Waals surface area contributed by atoms with E-state index in [1.165, 1.54) is 16.2 Å². The largest absolute Gasteiger partial charge is 0.444 e. The molecule has 0 bridgehead atoms. The number of amides is 1. The van der Waals surface area contributed by atoms with Gasteiger partial charge in [-0.2, -0.15) is 0 Å². The van der Waals surface area contributed by atoms with Crippen LogP contribution in [0.4, 0.5) is 4.79 Å². The van der Waals surface area contributed by atoms with Crippen LogP contribution < -0.4 is 0 Å². The Hall–Kier alpha value is -1.36. The first-order chi connectivity index (χ1) is 10.0. The van der Waals surface area contributed by atoms with E-state index in [4.69, 9.17) is 4.74 Å². The van der Waals surface area contributed by atoms with Crippen molar-refractivity contribution in [3.8, 4) is 0 Å². The maximum atomic E-state index is 12.6. The minimum absolute atomic E-state index is 0.0731. The number of aldehydes is 1. The van der Waals surface area contributed by atoms with Gasteiger partial charge in [-0.05, 0) is 44.2 Å². The fourth-order valence-corrected chi connectivity index (χ4v) is 3.92.